The third kappa shape index (κ3) is 4.70. The van der Waals surface area contributed by atoms with E-state index in [1.54, 1.807) is 30.4 Å². The van der Waals surface area contributed by atoms with Gasteiger partial charge in [0.05, 0.1) is 0 Å². The van der Waals surface area contributed by atoms with Crippen molar-refractivity contribution in [1.82, 2.24) is 0 Å². The first-order chi connectivity index (χ1) is 11.0. The van der Waals surface area contributed by atoms with Crippen molar-refractivity contribution in [2.75, 3.05) is 5.88 Å². The highest BCUT2D eigenvalue weighted by Crippen LogP contribution is 2.20. The number of allylic oxidation sites excluding steroid dienone is 1. The van der Waals surface area contributed by atoms with E-state index in [1.165, 1.54) is 5.56 Å². The van der Waals surface area contributed by atoms with Crippen LogP contribution < -0.4 is 0 Å². The SMILES string of the molecule is CC(C)c1ccc(/C=C/C(=O)c2ccc(O)c(CCCl)c2)cc1. The molecule has 120 valence electrons. The predicted octanol–water partition coefficient (Wildman–Crippen LogP) is 5.19. The molecule has 0 aliphatic heterocycles. The van der Waals surface area contributed by atoms with Crippen molar-refractivity contribution in [2.45, 2.75) is 26.2 Å². The smallest absolute Gasteiger partial charge is 0.185 e. The number of rotatable bonds is 6. The molecule has 2 aromatic carbocycles. The molecule has 0 aliphatic rings. The van der Waals surface area contributed by atoms with Gasteiger partial charge in [0, 0.05) is 11.4 Å². The minimum atomic E-state index is -0.0891. The van der Waals surface area contributed by atoms with E-state index in [2.05, 4.69) is 26.0 Å². The summed E-state index contributed by atoms with van der Waals surface area (Å²) in [6, 6.07) is 13.0. The summed E-state index contributed by atoms with van der Waals surface area (Å²) in [6.45, 7) is 4.30. The van der Waals surface area contributed by atoms with E-state index in [-0.39, 0.29) is 11.5 Å². The maximum Gasteiger partial charge on any atom is 0.185 e. The number of ketones is 1. The Balaban J connectivity index is 2.13. The number of phenols is 1. The third-order valence-corrected chi connectivity index (χ3v) is 3.95. The molecule has 0 unspecified atom stereocenters. The van der Waals surface area contributed by atoms with E-state index < -0.39 is 0 Å². The summed E-state index contributed by atoms with van der Waals surface area (Å²) in [5.41, 5.74) is 3.51. The number of aromatic hydroxyl groups is 1. The summed E-state index contributed by atoms with van der Waals surface area (Å²) in [6.07, 6.45) is 3.90. The molecule has 0 saturated heterocycles. The molecule has 0 fully saturated rings. The number of hydrogen-bond donors (Lipinski definition) is 1. The number of phenolic OH excluding ortho intramolecular Hbond substituents is 1. The third-order valence-electron chi connectivity index (χ3n) is 3.76. The lowest BCUT2D eigenvalue weighted by Crippen LogP contribution is -1.97. The lowest BCUT2D eigenvalue weighted by molar-refractivity contribution is 0.104. The number of carbonyl (C=O) groups excluding carboxylic acids is 1. The normalized spacial score (nSPS) is 11.3. The Morgan fingerprint density at radius 2 is 1.87 bits per heavy atom. The molecule has 0 bridgehead atoms. The Morgan fingerprint density at radius 1 is 1.17 bits per heavy atom. The molecule has 23 heavy (non-hydrogen) atoms. The quantitative estimate of drug-likeness (QED) is 0.450. The summed E-state index contributed by atoms with van der Waals surface area (Å²) in [5.74, 6) is 0.986. The first-order valence-corrected chi connectivity index (χ1v) is 8.25. The maximum absolute atomic E-state index is 12.3. The van der Waals surface area contributed by atoms with Crippen molar-refractivity contribution < 1.29 is 9.90 Å². The molecule has 0 radical (unpaired) electrons. The summed E-state index contributed by atoms with van der Waals surface area (Å²) in [4.78, 5) is 12.3. The van der Waals surface area contributed by atoms with Crippen LogP contribution in [0.4, 0.5) is 0 Å². The van der Waals surface area contributed by atoms with Gasteiger partial charge in [0.2, 0.25) is 0 Å². The van der Waals surface area contributed by atoms with Crippen LogP contribution in [0.3, 0.4) is 0 Å². The zero-order chi connectivity index (χ0) is 16.8. The van der Waals surface area contributed by atoms with Crippen LogP contribution in [-0.2, 0) is 6.42 Å². The fourth-order valence-electron chi connectivity index (χ4n) is 2.30. The van der Waals surface area contributed by atoms with Crippen LogP contribution in [0.25, 0.3) is 6.08 Å². The number of benzene rings is 2. The highest BCUT2D eigenvalue weighted by molar-refractivity contribution is 6.18. The number of carbonyl (C=O) groups is 1. The first kappa shape index (κ1) is 17.3. The van der Waals surface area contributed by atoms with Crippen LogP contribution in [0.15, 0.2) is 48.5 Å². The van der Waals surface area contributed by atoms with Gasteiger partial charge in [0.25, 0.3) is 0 Å². The zero-order valence-electron chi connectivity index (χ0n) is 13.4. The minimum absolute atomic E-state index is 0.0891. The molecule has 0 aromatic heterocycles. The van der Waals surface area contributed by atoms with Gasteiger partial charge in [0.1, 0.15) is 5.75 Å². The minimum Gasteiger partial charge on any atom is -0.508 e. The molecular formula is C20H21ClO2. The monoisotopic (exact) mass is 328 g/mol. The van der Waals surface area contributed by atoms with Crippen molar-refractivity contribution >= 4 is 23.5 Å². The molecule has 2 rings (SSSR count). The lowest BCUT2D eigenvalue weighted by atomic mass is 10.0. The molecule has 0 saturated carbocycles. The van der Waals surface area contributed by atoms with Crippen LogP contribution in [0.2, 0.25) is 0 Å². The highest BCUT2D eigenvalue weighted by atomic mass is 35.5. The van der Waals surface area contributed by atoms with E-state index in [1.807, 2.05) is 12.1 Å². The van der Waals surface area contributed by atoms with Crippen LogP contribution in [-0.4, -0.2) is 16.8 Å². The standard InChI is InChI=1S/C20H21ClO2/c1-14(2)16-6-3-15(4-7-16)5-9-19(22)17-8-10-20(23)18(13-17)11-12-21/h3-10,13-14,23H,11-12H2,1-2H3/b9-5+. The molecule has 2 aromatic rings. The van der Waals surface area contributed by atoms with E-state index in [9.17, 15) is 9.90 Å². The first-order valence-electron chi connectivity index (χ1n) is 7.71. The van der Waals surface area contributed by atoms with E-state index >= 15 is 0 Å². The molecule has 0 amide bonds. The molecule has 1 N–H and O–H groups in total. The summed E-state index contributed by atoms with van der Waals surface area (Å²) in [5, 5.41) is 9.74. The number of aryl methyl sites for hydroxylation is 1. The Hall–Kier alpha value is -2.06. The van der Waals surface area contributed by atoms with Gasteiger partial charge in [-0.15, -0.1) is 11.6 Å². The van der Waals surface area contributed by atoms with Crippen LogP contribution in [0, 0.1) is 0 Å². The predicted molar refractivity (Wildman–Crippen MR) is 96.4 cm³/mol. The molecule has 2 nitrogen and oxygen atoms in total. The number of alkyl halides is 1. The summed E-state index contributed by atoms with van der Waals surface area (Å²) in [7, 11) is 0. The van der Waals surface area contributed by atoms with E-state index in [0.717, 1.165) is 5.56 Å². The van der Waals surface area contributed by atoms with Gasteiger partial charge in [-0.2, -0.15) is 0 Å². The molecule has 3 heteroatoms. The van der Waals surface area contributed by atoms with Gasteiger partial charge in [-0.05, 0) is 53.3 Å². The average molecular weight is 329 g/mol. The number of halogens is 1. The van der Waals surface area contributed by atoms with Gasteiger partial charge < -0.3 is 5.11 Å². The second-order valence-corrected chi connectivity index (χ2v) is 6.18. The van der Waals surface area contributed by atoms with Crippen LogP contribution in [0.1, 0.15) is 46.8 Å². The fraction of sp³-hybridized carbons (Fsp3) is 0.250. The maximum atomic E-state index is 12.3. The Morgan fingerprint density at radius 3 is 2.48 bits per heavy atom. The van der Waals surface area contributed by atoms with E-state index in [4.69, 9.17) is 11.6 Å². The van der Waals surface area contributed by atoms with Crippen molar-refractivity contribution in [3.63, 3.8) is 0 Å². The van der Waals surface area contributed by atoms with Crippen LogP contribution in [0.5, 0.6) is 5.75 Å². The average Bonchev–Trinajstić information content (AvgIpc) is 2.55. The second-order valence-electron chi connectivity index (χ2n) is 5.80. The van der Waals surface area contributed by atoms with Gasteiger partial charge in [-0.1, -0.05) is 44.2 Å². The molecule has 0 heterocycles. The lowest BCUT2D eigenvalue weighted by Gasteiger charge is -2.05. The molecule has 0 aliphatic carbocycles. The Labute approximate surface area is 142 Å². The largest absolute Gasteiger partial charge is 0.508 e. The Kier molecular flexibility index (Phi) is 6.00. The van der Waals surface area contributed by atoms with Crippen LogP contribution >= 0.6 is 11.6 Å². The summed E-state index contributed by atoms with van der Waals surface area (Å²) < 4.78 is 0. The highest BCUT2D eigenvalue weighted by Gasteiger charge is 2.07. The molecule has 0 spiro atoms. The van der Waals surface area contributed by atoms with Crippen molar-refractivity contribution in [3.05, 3.63) is 70.8 Å². The second kappa shape index (κ2) is 7.98. The van der Waals surface area contributed by atoms with Crippen molar-refractivity contribution in [1.29, 1.82) is 0 Å². The molecular weight excluding hydrogens is 308 g/mol. The van der Waals surface area contributed by atoms with Gasteiger partial charge in [-0.3, -0.25) is 4.79 Å². The van der Waals surface area contributed by atoms with Gasteiger partial charge in [-0.25, -0.2) is 0 Å². The number of hydrogen-bond acceptors (Lipinski definition) is 2. The topological polar surface area (TPSA) is 37.3 Å². The zero-order valence-corrected chi connectivity index (χ0v) is 14.2. The summed E-state index contributed by atoms with van der Waals surface area (Å²) >= 11 is 5.71. The van der Waals surface area contributed by atoms with Gasteiger partial charge in [0.15, 0.2) is 5.78 Å². The van der Waals surface area contributed by atoms with Gasteiger partial charge >= 0.3 is 0 Å². The Bertz CT molecular complexity index is 700. The van der Waals surface area contributed by atoms with Crippen molar-refractivity contribution in [2.24, 2.45) is 0 Å². The fourth-order valence-corrected chi connectivity index (χ4v) is 2.50. The van der Waals surface area contributed by atoms with Crippen molar-refractivity contribution in [3.8, 4) is 5.75 Å². The van der Waals surface area contributed by atoms with E-state index in [0.29, 0.717) is 29.3 Å². The molecule has 0 atom stereocenters.